The maximum absolute atomic E-state index is 12.2. The molecule has 2 aliphatic rings. The zero-order valence-electron chi connectivity index (χ0n) is 11.2. The van der Waals surface area contributed by atoms with Crippen LogP contribution in [0.3, 0.4) is 0 Å². The number of hydrogen-bond acceptors (Lipinski definition) is 3. The molecule has 3 nitrogen and oxygen atoms in total. The number of nitriles is 1. The summed E-state index contributed by atoms with van der Waals surface area (Å²) in [6, 6.07) is 2.24. The van der Waals surface area contributed by atoms with E-state index in [-0.39, 0.29) is 29.6 Å². The highest BCUT2D eigenvalue weighted by Crippen LogP contribution is 2.54. The van der Waals surface area contributed by atoms with Gasteiger partial charge in [0.15, 0.2) is 5.78 Å². The second-order valence-corrected chi connectivity index (χ2v) is 6.32. The fraction of sp³-hybridized carbons (Fsp3) is 0.714. The smallest absolute Gasteiger partial charge is 0.178 e. The van der Waals surface area contributed by atoms with E-state index in [0.29, 0.717) is 11.5 Å². The van der Waals surface area contributed by atoms with E-state index in [9.17, 15) is 4.79 Å². The van der Waals surface area contributed by atoms with Gasteiger partial charge in [-0.1, -0.05) is 26.8 Å². The molecule has 0 aromatic rings. The first-order chi connectivity index (χ1) is 7.81. The molecule has 0 saturated heterocycles. The van der Waals surface area contributed by atoms with Crippen LogP contribution in [-0.2, 0) is 4.79 Å². The van der Waals surface area contributed by atoms with Gasteiger partial charge >= 0.3 is 0 Å². The first-order valence-corrected chi connectivity index (χ1v) is 6.24. The Morgan fingerprint density at radius 3 is 2.56 bits per heavy atom. The van der Waals surface area contributed by atoms with E-state index < -0.39 is 5.41 Å². The summed E-state index contributed by atoms with van der Waals surface area (Å²) in [7, 11) is 0. The van der Waals surface area contributed by atoms with E-state index in [1.807, 2.05) is 19.9 Å². The molecule has 2 rings (SSSR count). The first kappa shape index (κ1) is 15.2. The van der Waals surface area contributed by atoms with Crippen LogP contribution in [0.15, 0.2) is 11.6 Å². The molecule has 18 heavy (non-hydrogen) atoms. The number of carbonyl (C=O) groups excluding carboxylic acids is 1. The van der Waals surface area contributed by atoms with Crippen molar-refractivity contribution in [1.82, 2.24) is 0 Å². The molecule has 1 saturated carbocycles. The Hall–Kier alpha value is -0.850. The number of carbonyl (C=O) groups is 1. The number of nitrogens with two attached hydrogens (primary N) is 1. The molecule has 1 fully saturated rings. The summed E-state index contributed by atoms with van der Waals surface area (Å²) in [4.78, 5) is 12.2. The molecule has 0 heterocycles. The topological polar surface area (TPSA) is 66.9 Å². The van der Waals surface area contributed by atoms with Crippen molar-refractivity contribution in [3.05, 3.63) is 11.6 Å². The minimum absolute atomic E-state index is 0. The number of halogens is 1. The molecule has 0 aliphatic heterocycles. The third-order valence-electron chi connectivity index (χ3n) is 4.62. The third-order valence-corrected chi connectivity index (χ3v) is 4.62. The van der Waals surface area contributed by atoms with Crippen molar-refractivity contribution in [3.8, 4) is 6.07 Å². The predicted octanol–water partition coefficient (Wildman–Crippen LogP) is 2.60. The highest BCUT2D eigenvalue weighted by molar-refractivity contribution is 6.04. The molecular formula is C14H21ClN2O. The minimum Gasteiger partial charge on any atom is -0.328 e. The Labute approximate surface area is 115 Å². The van der Waals surface area contributed by atoms with Crippen LogP contribution < -0.4 is 5.73 Å². The summed E-state index contributed by atoms with van der Waals surface area (Å²) >= 11 is 0. The third kappa shape index (κ3) is 2.08. The normalized spacial score (nSPS) is 37.9. The molecule has 0 spiro atoms. The van der Waals surface area contributed by atoms with Gasteiger partial charge in [-0.3, -0.25) is 4.79 Å². The standard InChI is InChI=1S/C14H20N2O.ClH/c1-13(2)11-5-4-10(16)7-14(11,3)6-9(8-15)12(13)17;/h6,10-11H,4-5,7,16H2,1-3H3;1H/t10-,11+,14+;/m0./s1. The van der Waals surface area contributed by atoms with Gasteiger partial charge in [-0.05, 0) is 30.6 Å². The molecule has 100 valence electrons. The van der Waals surface area contributed by atoms with E-state index in [1.165, 1.54) is 0 Å². The number of ketones is 1. The van der Waals surface area contributed by atoms with Gasteiger partial charge in [0.05, 0.1) is 5.57 Å². The van der Waals surface area contributed by atoms with Crippen LogP contribution in [0.2, 0.25) is 0 Å². The summed E-state index contributed by atoms with van der Waals surface area (Å²) in [5, 5.41) is 9.09. The average molecular weight is 269 g/mol. The summed E-state index contributed by atoms with van der Waals surface area (Å²) < 4.78 is 0. The number of fused-ring (bicyclic) bond motifs is 1. The lowest BCUT2D eigenvalue weighted by Gasteiger charge is -2.51. The molecule has 2 N–H and O–H groups in total. The van der Waals surface area contributed by atoms with Crippen molar-refractivity contribution >= 4 is 18.2 Å². The summed E-state index contributed by atoms with van der Waals surface area (Å²) in [5.74, 6) is 0.303. The van der Waals surface area contributed by atoms with Crippen LogP contribution in [0, 0.1) is 28.1 Å². The Balaban J connectivity index is 0.00000162. The zero-order chi connectivity index (χ0) is 12.8. The van der Waals surface area contributed by atoms with Crippen molar-refractivity contribution in [1.29, 1.82) is 5.26 Å². The van der Waals surface area contributed by atoms with Crippen molar-refractivity contribution in [2.75, 3.05) is 0 Å². The van der Waals surface area contributed by atoms with Gasteiger partial charge in [0.25, 0.3) is 0 Å². The number of Topliss-reactive ketones (excluding diaryl/α,β-unsaturated/α-hetero) is 1. The Bertz CT molecular complexity index is 436. The van der Waals surface area contributed by atoms with Gasteiger partial charge in [0.1, 0.15) is 6.07 Å². The second-order valence-electron chi connectivity index (χ2n) is 6.32. The Morgan fingerprint density at radius 2 is 2.00 bits per heavy atom. The second kappa shape index (κ2) is 4.68. The average Bonchev–Trinajstić information content (AvgIpc) is 2.23. The van der Waals surface area contributed by atoms with Crippen LogP contribution in [0.1, 0.15) is 40.0 Å². The molecular weight excluding hydrogens is 248 g/mol. The van der Waals surface area contributed by atoms with Gasteiger partial charge in [0, 0.05) is 11.5 Å². The lowest BCUT2D eigenvalue weighted by Crippen LogP contribution is -2.51. The van der Waals surface area contributed by atoms with E-state index in [4.69, 9.17) is 11.0 Å². The lowest BCUT2D eigenvalue weighted by molar-refractivity contribution is -0.131. The quantitative estimate of drug-likeness (QED) is 0.734. The van der Waals surface area contributed by atoms with E-state index in [1.54, 1.807) is 0 Å². The van der Waals surface area contributed by atoms with Crippen LogP contribution in [-0.4, -0.2) is 11.8 Å². The highest BCUT2D eigenvalue weighted by atomic mass is 35.5. The van der Waals surface area contributed by atoms with Crippen molar-refractivity contribution in [3.63, 3.8) is 0 Å². The maximum Gasteiger partial charge on any atom is 0.178 e. The molecule has 0 bridgehead atoms. The lowest BCUT2D eigenvalue weighted by atomic mass is 9.52. The number of rotatable bonds is 0. The van der Waals surface area contributed by atoms with Crippen LogP contribution in [0.25, 0.3) is 0 Å². The number of allylic oxidation sites excluding steroid dienone is 2. The molecule has 0 unspecified atom stereocenters. The summed E-state index contributed by atoms with van der Waals surface area (Å²) in [6.45, 7) is 6.08. The van der Waals surface area contributed by atoms with Gasteiger partial charge in [-0.2, -0.15) is 5.26 Å². The Morgan fingerprint density at radius 1 is 1.39 bits per heavy atom. The fourth-order valence-electron chi connectivity index (χ4n) is 3.85. The van der Waals surface area contributed by atoms with Gasteiger partial charge in [-0.25, -0.2) is 0 Å². The molecule has 0 radical (unpaired) electrons. The van der Waals surface area contributed by atoms with Gasteiger partial charge in [0.2, 0.25) is 0 Å². The minimum atomic E-state index is -0.436. The van der Waals surface area contributed by atoms with Crippen LogP contribution in [0.5, 0.6) is 0 Å². The van der Waals surface area contributed by atoms with Crippen molar-refractivity contribution in [2.45, 2.75) is 46.1 Å². The van der Waals surface area contributed by atoms with Crippen LogP contribution in [0.4, 0.5) is 0 Å². The summed E-state index contributed by atoms with van der Waals surface area (Å²) in [6.07, 6.45) is 4.71. The first-order valence-electron chi connectivity index (χ1n) is 6.24. The number of hydrogen-bond donors (Lipinski definition) is 1. The maximum atomic E-state index is 12.2. The summed E-state index contributed by atoms with van der Waals surface area (Å²) in [5.41, 5.74) is 5.83. The molecule has 0 aromatic heterocycles. The number of nitrogens with zero attached hydrogens (tertiary/aromatic N) is 1. The largest absolute Gasteiger partial charge is 0.328 e. The molecule has 0 amide bonds. The Kier molecular flexibility index (Phi) is 3.95. The SMILES string of the molecule is CC1(C)C(=O)C(C#N)=C[C@]2(C)C[C@@H](N)CC[C@H]12.Cl. The van der Waals surface area contributed by atoms with E-state index in [2.05, 4.69) is 13.0 Å². The fourth-order valence-corrected chi connectivity index (χ4v) is 3.85. The van der Waals surface area contributed by atoms with Gasteiger partial charge < -0.3 is 5.73 Å². The van der Waals surface area contributed by atoms with Crippen molar-refractivity contribution < 1.29 is 4.79 Å². The van der Waals surface area contributed by atoms with Gasteiger partial charge in [-0.15, -0.1) is 12.4 Å². The van der Waals surface area contributed by atoms with Crippen molar-refractivity contribution in [2.24, 2.45) is 22.5 Å². The van der Waals surface area contributed by atoms with E-state index in [0.717, 1.165) is 19.3 Å². The molecule has 4 heteroatoms. The molecule has 0 aromatic carbocycles. The predicted molar refractivity (Wildman–Crippen MR) is 73.2 cm³/mol. The van der Waals surface area contributed by atoms with E-state index >= 15 is 0 Å². The zero-order valence-corrected chi connectivity index (χ0v) is 12.0. The van der Waals surface area contributed by atoms with Crippen LogP contribution >= 0.6 is 12.4 Å². The molecule has 3 atom stereocenters. The monoisotopic (exact) mass is 268 g/mol. The highest BCUT2D eigenvalue weighted by Gasteiger charge is 2.52. The molecule has 2 aliphatic carbocycles.